The van der Waals surface area contributed by atoms with Crippen LogP contribution in [0.15, 0.2) is 42.5 Å². The van der Waals surface area contributed by atoms with E-state index in [9.17, 15) is 28.3 Å². The second-order valence-corrected chi connectivity index (χ2v) is 10.3. The number of carboxylic acid groups (broad SMARTS) is 1. The van der Waals surface area contributed by atoms with Gasteiger partial charge in [0.15, 0.2) is 5.01 Å². The molecule has 0 saturated carbocycles. The lowest BCUT2D eigenvalue weighted by Gasteiger charge is -2.30. The summed E-state index contributed by atoms with van der Waals surface area (Å²) in [6.07, 6.45) is 0.799. The lowest BCUT2D eigenvalue weighted by atomic mass is 10.0. The van der Waals surface area contributed by atoms with Gasteiger partial charge < -0.3 is 15.7 Å². The van der Waals surface area contributed by atoms with Crippen LogP contribution in [0.5, 0.6) is 0 Å². The van der Waals surface area contributed by atoms with Crippen molar-refractivity contribution in [1.29, 1.82) is 0 Å². The summed E-state index contributed by atoms with van der Waals surface area (Å²) < 4.78 is 26.3. The average Bonchev–Trinajstić information content (AvgIpc) is 3.34. The first-order valence-corrected chi connectivity index (χ1v) is 13.0. The van der Waals surface area contributed by atoms with E-state index in [2.05, 4.69) is 15.6 Å². The fraction of sp³-hybridized carbons (Fsp3) is 0.308. The number of carboxylic acids is 1. The van der Waals surface area contributed by atoms with Gasteiger partial charge in [-0.3, -0.25) is 14.5 Å². The maximum atomic E-state index is 13.1. The number of hydrogen-bond acceptors (Lipinski definition) is 6. The van der Waals surface area contributed by atoms with E-state index >= 15 is 0 Å². The second kappa shape index (κ2) is 13.8. The Balaban J connectivity index is 0.00000420. The number of anilines is 2. The Hall–Kier alpha value is -3.12. The van der Waals surface area contributed by atoms with E-state index in [1.807, 2.05) is 0 Å². The van der Waals surface area contributed by atoms with E-state index in [0.717, 1.165) is 16.2 Å². The molecule has 3 N–H and O–H groups in total. The highest BCUT2D eigenvalue weighted by atomic mass is 35.5. The number of hydrogen-bond donors (Lipinski definition) is 3. The number of carbonyl (C=O) groups is 3. The van der Waals surface area contributed by atoms with Crippen LogP contribution in [0.4, 0.5) is 20.2 Å². The standard InChI is InChI=1S/C26H25ClF2N4O4S.ClH/c27-17-4-6-18(7-5-17)30-23(34)8-3-15-1-2-16(26(36)37)11-21(15)31-24(35)25-32-20-9-10-33(14-22(20)38-25)19(12-28)13-29;/h1-2,4-7,11,19H,3,8-10,12-14H2,(H,30,34)(H,31,35)(H,36,37);1H. The van der Waals surface area contributed by atoms with Crippen molar-refractivity contribution >= 4 is 64.5 Å². The lowest BCUT2D eigenvalue weighted by molar-refractivity contribution is -0.116. The van der Waals surface area contributed by atoms with Gasteiger partial charge in [-0.2, -0.15) is 0 Å². The van der Waals surface area contributed by atoms with Gasteiger partial charge in [0.25, 0.3) is 5.91 Å². The van der Waals surface area contributed by atoms with Crippen LogP contribution < -0.4 is 10.6 Å². The highest BCUT2D eigenvalue weighted by Crippen LogP contribution is 2.28. The summed E-state index contributed by atoms with van der Waals surface area (Å²) in [6.45, 7) is -0.836. The molecule has 39 heavy (non-hydrogen) atoms. The Kier molecular flexibility index (Phi) is 10.8. The molecule has 0 radical (unpaired) electrons. The summed E-state index contributed by atoms with van der Waals surface area (Å²) in [5.74, 6) is -1.95. The van der Waals surface area contributed by atoms with Crippen molar-refractivity contribution in [3.05, 3.63) is 74.2 Å². The molecule has 4 rings (SSSR count). The smallest absolute Gasteiger partial charge is 0.335 e. The summed E-state index contributed by atoms with van der Waals surface area (Å²) in [5, 5.41) is 15.6. The number of amides is 2. The van der Waals surface area contributed by atoms with Crippen LogP contribution in [0.2, 0.25) is 5.02 Å². The number of aromatic carboxylic acids is 1. The number of nitrogens with one attached hydrogen (secondary N) is 2. The summed E-state index contributed by atoms with van der Waals surface area (Å²) >= 11 is 7.01. The van der Waals surface area contributed by atoms with E-state index in [1.54, 1.807) is 35.2 Å². The fourth-order valence-electron chi connectivity index (χ4n) is 4.08. The Bertz CT molecular complexity index is 1340. The predicted molar refractivity (Wildman–Crippen MR) is 149 cm³/mol. The number of halogens is 4. The normalized spacial score (nSPS) is 12.9. The molecule has 0 atom stereocenters. The number of carbonyl (C=O) groups excluding carboxylic acids is 2. The van der Waals surface area contributed by atoms with Crippen molar-refractivity contribution in [2.75, 3.05) is 30.5 Å². The number of thiazole rings is 1. The van der Waals surface area contributed by atoms with Crippen molar-refractivity contribution < 1.29 is 28.3 Å². The molecule has 0 saturated heterocycles. The summed E-state index contributed by atoms with van der Waals surface area (Å²) in [7, 11) is 0. The topological polar surface area (TPSA) is 112 Å². The molecule has 13 heteroatoms. The van der Waals surface area contributed by atoms with Crippen molar-refractivity contribution in [2.45, 2.75) is 31.8 Å². The SMILES string of the molecule is Cl.O=C(CCc1ccc(C(=O)O)cc1NC(=O)c1nc2c(s1)CN(C(CF)CF)CC2)Nc1ccc(Cl)cc1. The zero-order valence-electron chi connectivity index (χ0n) is 20.6. The number of alkyl halides is 2. The third-order valence-electron chi connectivity index (χ3n) is 6.18. The van der Waals surface area contributed by atoms with Gasteiger partial charge in [0.05, 0.1) is 17.3 Å². The number of benzene rings is 2. The molecule has 0 spiro atoms. The maximum absolute atomic E-state index is 13.1. The third kappa shape index (κ3) is 7.72. The molecule has 0 fully saturated rings. The van der Waals surface area contributed by atoms with Gasteiger partial charge in [0, 0.05) is 47.2 Å². The monoisotopic (exact) mass is 598 g/mol. The molecule has 2 heterocycles. The van der Waals surface area contributed by atoms with Crippen molar-refractivity contribution in [1.82, 2.24) is 9.88 Å². The van der Waals surface area contributed by atoms with Gasteiger partial charge in [-0.05, 0) is 48.4 Å². The molecular formula is C26H26Cl2F2N4O4S. The number of nitrogens with zero attached hydrogens (tertiary/aromatic N) is 2. The van der Waals surface area contributed by atoms with Gasteiger partial charge >= 0.3 is 5.97 Å². The molecule has 3 aromatic rings. The molecule has 1 aromatic heterocycles. The number of aryl methyl sites for hydroxylation is 1. The molecule has 1 aliphatic heterocycles. The molecule has 0 bridgehead atoms. The van der Waals surface area contributed by atoms with E-state index in [4.69, 9.17) is 11.6 Å². The summed E-state index contributed by atoms with van der Waals surface area (Å²) in [5.41, 5.74) is 2.12. The first-order valence-electron chi connectivity index (χ1n) is 11.8. The molecule has 208 valence electrons. The third-order valence-corrected chi connectivity index (χ3v) is 7.52. The van der Waals surface area contributed by atoms with Crippen LogP contribution in [0.25, 0.3) is 0 Å². The largest absolute Gasteiger partial charge is 0.478 e. The van der Waals surface area contributed by atoms with Crippen LogP contribution in [0.1, 0.15) is 42.7 Å². The van der Waals surface area contributed by atoms with Crippen LogP contribution in [-0.4, -0.2) is 58.7 Å². The first kappa shape index (κ1) is 30.4. The summed E-state index contributed by atoms with van der Waals surface area (Å²) in [6, 6.07) is 10.2. The van der Waals surface area contributed by atoms with Crippen molar-refractivity contribution in [2.24, 2.45) is 0 Å². The zero-order valence-corrected chi connectivity index (χ0v) is 23.0. The van der Waals surface area contributed by atoms with Crippen LogP contribution in [0, 0.1) is 0 Å². The van der Waals surface area contributed by atoms with Crippen LogP contribution in [0.3, 0.4) is 0 Å². The Labute approximate surface area is 238 Å². The molecule has 1 aliphatic rings. The Morgan fingerprint density at radius 1 is 1.10 bits per heavy atom. The Morgan fingerprint density at radius 2 is 1.82 bits per heavy atom. The van der Waals surface area contributed by atoms with Gasteiger partial charge in [0.1, 0.15) is 13.3 Å². The van der Waals surface area contributed by atoms with E-state index in [1.165, 1.54) is 12.1 Å². The minimum absolute atomic E-state index is 0. The molecule has 0 aliphatic carbocycles. The quantitative estimate of drug-likeness (QED) is 0.288. The van der Waals surface area contributed by atoms with E-state index < -0.39 is 31.3 Å². The molecule has 2 amide bonds. The van der Waals surface area contributed by atoms with Crippen LogP contribution >= 0.6 is 35.3 Å². The maximum Gasteiger partial charge on any atom is 0.335 e. The second-order valence-electron chi connectivity index (χ2n) is 8.76. The predicted octanol–water partition coefficient (Wildman–Crippen LogP) is 5.41. The van der Waals surface area contributed by atoms with E-state index in [0.29, 0.717) is 41.5 Å². The highest BCUT2D eigenvalue weighted by molar-refractivity contribution is 7.13. The number of aromatic nitrogens is 1. The molecule has 0 unspecified atom stereocenters. The lowest BCUT2D eigenvalue weighted by Crippen LogP contribution is -2.41. The minimum atomic E-state index is -1.16. The Morgan fingerprint density at radius 3 is 2.49 bits per heavy atom. The first-order chi connectivity index (χ1) is 18.3. The van der Waals surface area contributed by atoms with Gasteiger partial charge in [-0.25, -0.2) is 18.6 Å². The summed E-state index contributed by atoms with van der Waals surface area (Å²) in [4.78, 5) is 43.9. The number of fused-ring (bicyclic) bond motifs is 1. The van der Waals surface area contributed by atoms with Gasteiger partial charge in [0.2, 0.25) is 5.91 Å². The van der Waals surface area contributed by atoms with Gasteiger partial charge in [-0.1, -0.05) is 17.7 Å². The average molecular weight is 599 g/mol. The fourth-order valence-corrected chi connectivity index (χ4v) is 5.24. The highest BCUT2D eigenvalue weighted by Gasteiger charge is 2.28. The van der Waals surface area contributed by atoms with Crippen LogP contribution in [-0.2, 0) is 24.2 Å². The van der Waals surface area contributed by atoms with E-state index in [-0.39, 0.29) is 47.4 Å². The molecule has 2 aromatic carbocycles. The zero-order chi connectivity index (χ0) is 27.2. The van der Waals surface area contributed by atoms with Crippen molar-refractivity contribution in [3.8, 4) is 0 Å². The van der Waals surface area contributed by atoms with Crippen molar-refractivity contribution in [3.63, 3.8) is 0 Å². The molecular weight excluding hydrogens is 573 g/mol. The van der Waals surface area contributed by atoms with Gasteiger partial charge in [-0.15, -0.1) is 23.7 Å². The molecule has 8 nitrogen and oxygen atoms in total. The minimum Gasteiger partial charge on any atom is -0.478 e. The number of rotatable bonds is 10.